The summed E-state index contributed by atoms with van der Waals surface area (Å²) in [6.07, 6.45) is 4.85. The SMILES string of the molecule is COC(c1ccc(/C=C/CC(NC(=O)c2c(Cl)cccc2Cl)C(=O)[O-])cc1)c1ccccn1.[Na+]. The number of hydrogen-bond acceptors (Lipinski definition) is 5. The predicted molar refractivity (Wildman–Crippen MR) is 126 cm³/mol. The van der Waals surface area contributed by atoms with Gasteiger partial charge in [-0.1, -0.05) is 71.8 Å². The van der Waals surface area contributed by atoms with Crippen LogP contribution < -0.4 is 40.0 Å². The summed E-state index contributed by atoms with van der Waals surface area (Å²) in [7, 11) is 1.62. The number of nitrogens with one attached hydrogen (secondary N) is 1. The number of carbonyl (C=O) groups is 2. The smallest absolute Gasteiger partial charge is 0.548 e. The van der Waals surface area contributed by atoms with Crippen molar-refractivity contribution >= 4 is 41.2 Å². The predicted octanol–water partition coefficient (Wildman–Crippen LogP) is 1.08. The van der Waals surface area contributed by atoms with Gasteiger partial charge in [0.2, 0.25) is 0 Å². The zero-order valence-electron chi connectivity index (χ0n) is 18.7. The van der Waals surface area contributed by atoms with E-state index in [0.717, 1.165) is 16.8 Å². The second-order valence-electron chi connectivity index (χ2n) is 7.12. The van der Waals surface area contributed by atoms with Gasteiger partial charge in [0.1, 0.15) is 6.10 Å². The van der Waals surface area contributed by atoms with E-state index in [0.29, 0.717) is 0 Å². The molecule has 0 spiro atoms. The third-order valence-electron chi connectivity index (χ3n) is 4.89. The number of hydrogen-bond donors (Lipinski definition) is 1. The van der Waals surface area contributed by atoms with Gasteiger partial charge in [-0.2, -0.15) is 0 Å². The van der Waals surface area contributed by atoms with Crippen LogP contribution in [-0.4, -0.2) is 30.0 Å². The standard InChI is InChI=1S/C25H22Cl2N2O4.Na/c1-33-23(20-9-2-3-15-28-20)17-13-11-16(12-14-17)6-4-10-21(25(31)32)29-24(30)22-18(26)7-5-8-19(22)27;/h2-9,11-15,21,23H,10H2,1H3,(H,29,30)(H,31,32);/q;+1/p-1/b6-4+;. The van der Waals surface area contributed by atoms with Gasteiger partial charge in [-0.25, -0.2) is 0 Å². The molecule has 1 N–H and O–H groups in total. The molecule has 0 radical (unpaired) electrons. The Balaban J connectivity index is 0.00000408. The molecule has 2 atom stereocenters. The number of methoxy groups -OCH3 is 1. The Morgan fingerprint density at radius 2 is 1.74 bits per heavy atom. The quantitative estimate of drug-likeness (QED) is 0.438. The molecule has 1 heterocycles. The van der Waals surface area contributed by atoms with Crippen LogP contribution in [0.25, 0.3) is 6.08 Å². The number of nitrogens with zero attached hydrogens (tertiary/aromatic N) is 1. The molecule has 170 valence electrons. The van der Waals surface area contributed by atoms with E-state index < -0.39 is 17.9 Å². The van der Waals surface area contributed by atoms with Gasteiger partial charge >= 0.3 is 29.6 Å². The summed E-state index contributed by atoms with van der Waals surface area (Å²) in [5, 5.41) is 14.2. The molecule has 0 fully saturated rings. The van der Waals surface area contributed by atoms with Crippen LogP contribution in [0, 0.1) is 0 Å². The van der Waals surface area contributed by atoms with Crippen LogP contribution in [0.15, 0.2) is 72.9 Å². The van der Waals surface area contributed by atoms with E-state index in [1.54, 1.807) is 31.5 Å². The van der Waals surface area contributed by atoms with Crippen molar-refractivity contribution in [1.29, 1.82) is 0 Å². The number of amides is 1. The number of carboxylic acids is 1. The van der Waals surface area contributed by atoms with E-state index in [1.807, 2.05) is 42.5 Å². The molecule has 0 saturated carbocycles. The van der Waals surface area contributed by atoms with E-state index >= 15 is 0 Å². The van der Waals surface area contributed by atoms with Gasteiger partial charge in [0.25, 0.3) is 5.91 Å². The molecule has 2 aromatic carbocycles. The Morgan fingerprint density at radius 1 is 1.06 bits per heavy atom. The molecule has 3 rings (SSSR count). The molecule has 0 aliphatic heterocycles. The van der Waals surface area contributed by atoms with Crippen LogP contribution in [0.5, 0.6) is 0 Å². The van der Waals surface area contributed by atoms with Crippen molar-refractivity contribution in [2.45, 2.75) is 18.6 Å². The molecule has 1 amide bonds. The molecular formula is C25H21Cl2N2NaO4. The molecular weight excluding hydrogens is 486 g/mol. The summed E-state index contributed by atoms with van der Waals surface area (Å²) >= 11 is 12.0. The first kappa shape index (κ1) is 28.1. The molecule has 0 aliphatic carbocycles. The maximum Gasteiger partial charge on any atom is 1.00 e. The minimum absolute atomic E-state index is 0. The number of halogens is 2. The van der Waals surface area contributed by atoms with Crippen molar-refractivity contribution < 1.29 is 49.0 Å². The van der Waals surface area contributed by atoms with Gasteiger partial charge in [0.05, 0.1) is 33.3 Å². The van der Waals surface area contributed by atoms with Crippen molar-refractivity contribution in [3.63, 3.8) is 0 Å². The minimum Gasteiger partial charge on any atom is -0.548 e. The largest absolute Gasteiger partial charge is 1.00 e. The van der Waals surface area contributed by atoms with E-state index in [2.05, 4.69) is 10.3 Å². The first-order valence-corrected chi connectivity index (χ1v) is 10.8. The van der Waals surface area contributed by atoms with E-state index in [-0.39, 0.29) is 57.7 Å². The molecule has 0 aliphatic rings. The Labute approximate surface area is 230 Å². The number of benzene rings is 2. The molecule has 0 saturated heterocycles. The third kappa shape index (κ3) is 7.40. The average molecular weight is 507 g/mol. The maximum absolute atomic E-state index is 12.5. The summed E-state index contributed by atoms with van der Waals surface area (Å²) in [6.45, 7) is 0. The number of carbonyl (C=O) groups excluding carboxylic acids is 2. The van der Waals surface area contributed by atoms with Gasteiger partial charge in [-0.15, -0.1) is 0 Å². The molecule has 1 aromatic heterocycles. The number of carboxylic acid groups (broad SMARTS) is 1. The van der Waals surface area contributed by atoms with E-state index in [4.69, 9.17) is 27.9 Å². The monoisotopic (exact) mass is 506 g/mol. The average Bonchev–Trinajstić information content (AvgIpc) is 2.80. The Kier molecular flexibility index (Phi) is 11.2. The fourth-order valence-electron chi connectivity index (χ4n) is 3.24. The number of ether oxygens (including phenoxy) is 1. The van der Waals surface area contributed by atoms with Crippen molar-refractivity contribution in [2.75, 3.05) is 7.11 Å². The molecule has 2 unspecified atom stereocenters. The molecule has 9 heteroatoms. The summed E-state index contributed by atoms with van der Waals surface area (Å²) in [5.74, 6) is -2.09. The first-order chi connectivity index (χ1) is 15.9. The third-order valence-corrected chi connectivity index (χ3v) is 5.52. The van der Waals surface area contributed by atoms with Crippen molar-refractivity contribution in [3.05, 3.63) is 105 Å². The van der Waals surface area contributed by atoms with E-state index in [1.165, 1.54) is 12.1 Å². The van der Waals surface area contributed by atoms with E-state index in [9.17, 15) is 14.7 Å². The fourth-order valence-corrected chi connectivity index (χ4v) is 3.81. The summed E-state index contributed by atoms with van der Waals surface area (Å²) in [6, 6.07) is 16.6. The molecule has 34 heavy (non-hydrogen) atoms. The Hall–Kier alpha value is -2.19. The minimum atomic E-state index is -1.41. The zero-order valence-corrected chi connectivity index (χ0v) is 22.2. The van der Waals surface area contributed by atoms with Gasteiger partial charge in [0.15, 0.2) is 0 Å². The van der Waals surface area contributed by atoms with Crippen LogP contribution in [0.2, 0.25) is 10.0 Å². The number of pyridine rings is 1. The van der Waals surface area contributed by atoms with Crippen LogP contribution in [0.3, 0.4) is 0 Å². The second kappa shape index (κ2) is 13.6. The van der Waals surface area contributed by atoms with Gasteiger partial charge < -0.3 is 20.0 Å². The molecule has 0 bridgehead atoms. The summed E-state index contributed by atoms with van der Waals surface area (Å²) in [4.78, 5) is 28.3. The zero-order chi connectivity index (χ0) is 23.8. The van der Waals surface area contributed by atoms with Crippen molar-refractivity contribution in [2.24, 2.45) is 0 Å². The fraction of sp³-hybridized carbons (Fsp3) is 0.160. The number of aliphatic carboxylic acids is 1. The van der Waals surface area contributed by atoms with Crippen molar-refractivity contribution in [3.8, 4) is 0 Å². The van der Waals surface area contributed by atoms with Gasteiger partial charge in [-0.3, -0.25) is 9.78 Å². The van der Waals surface area contributed by atoms with Crippen LogP contribution >= 0.6 is 23.2 Å². The summed E-state index contributed by atoms with van der Waals surface area (Å²) < 4.78 is 5.58. The topological polar surface area (TPSA) is 91.3 Å². The van der Waals surface area contributed by atoms with Crippen molar-refractivity contribution in [1.82, 2.24) is 10.3 Å². The number of aromatic nitrogens is 1. The Bertz CT molecular complexity index is 1120. The maximum atomic E-state index is 12.5. The Morgan fingerprint density at radius 3 is 2.29 bits per heavy atom. The molecule has 6 nitrogen and oxygen atoms in total. The second-order valence-corrected chi connectivity index (χ2v) is 7.93. The first-order valence-electron chi connectivity index (χ1n) is 10.1. The van der Waals surface area contributed by atoms with Crippen LogP contribution in [-0.2, 0) is 9.53 Å². The van der Waals surface area contributed by atoms with Gasteiger partial charge in [-0.05, 0) is 41.8 Å². The molecule has 3 aromatic rings. The normalized spacial score (nSPS) is 12.6. The summed E-state index contributed by atoms with van der Waals surface area (Å²) in [5.41, 5.74) is 2.61. The number of rotatable bonds is 9. The van der Waals surface area contributed by atoms with Gasteiger partial charge in [0, 0.05) is 13.3 Å². The van der Waals surface area contributed by atoms with Crippen LogP contribution in [0.1, 0.15) is 39.7 Å². The van der Waals surface area contributed by atoms with Crippen LogP contribution in [0.4, 0.5) is 0 Å².